The molecule has 128 valence electrons. The number of carbonyl (C=O) groups excluding carboxylic acids is 1. The zero-order valence-corrected chi connectivity index (χ0v) is 14.1. The van der Waals surface area contributed by atoms with Crippen LogP contribution in [0.15, 0.2) is 48.8 Å². The molecule has 2 aromatic heterocycles. The van der Waals surface area contributed by atoms with Crippen LogP contribution in [0.4, 0.5) is 9.52 Å². The van der Waals surface area contributed by atoms with Gasteiger partial charge in [-0.25, -0.2) is 4.39 Å². The molecule has 1 aromatic carbocycles. The maximum atomic E-state index is 12.9. The highest BCUT2D eigenvalue weighted by molar-refractivity contribution is 7.15. The lowest BCUT2D eigenvalue weighted by Gasteiger charge is -2.05. The summed E-state index contributed by atoms with van der Waals surface area (Å²) in [5.41, 5.74) is 1.51. The standard InChI is InChI=1S/C17H16FN5OS/c18-14-5-3-12(4-6-14)10-15-22-23-17(25-15)21-9-8-20-16(24)13-2-1-7-19-11-13/h1-7,11H,8-10H2,(H,20,24)(H,21,23). The normalized spacial score (nSPS) is 10.4. The second-order valence-electron chi connectivity index (χ2n) is 5.23. The minimum absolute atomic E-state index is 0.163. The van der Waals surface area contributed by atoms with Crippen molar-refractivity contribution in [1.29, 1.82) is 0 Å². The minimum Gasteiger partial charge on any atom is -0.358 e. The first-order valence-electron chi connectivity index (χ1n) is 7.69. The number of benzene rings is 1. The summed E-state index contributed by atoms with van der Waals surface area (Å²) >= 11 is 1.44. The van der Waals surface area contributed by atoms with Crippen molar-refractivity contribution in [1.82, 2.24) is 20.5 Å². The average molecular weight is 357 g/mol. The Balaban J connectivity index is 1.43. The van der Waals surface area contributed by atoms with E-state index >= 15 is 0 Å². The predicted octanol–water partition coefficient (Wildman–Crippen LogP) is 2.50. The number of nitrogens with zero attached hydrogens (tertiary/aromatic N) is 3. The zero-order valence-electron chi connectivity index (χ0n) is 13.3. The highest BCUT2D eigenvalue weighted by Crippen LogP contribution is 2.18. The number of anilines is 1. The number of aromatic nitrogens is 3. The van der Waals surface area contributed by atoms with Gasteiger partial charge in [-0.1, -0.05) is 23.5 Å². The summed E-state index contributed by atoms with van der Waals surface area (Å²) in [6, 6.07) is 9.76. The van der Waals surface area contributed by atoms with Crippen LogP contribution in [0.2, 0.25) is 0 Å². The third-order valence-corrected chi connectivity index (χ3v) is 4.23. The van der Waals surface area contributed by atoms with Gasteiger partial charge in [-0.3, -0.25) is 9.78 Å². The summed E-state index contributed by atoms with van der Waals surface area (Å²) in [6.45, 7) is 0.998. The Hall–Kier alpha value is -2.87. The summed E-state index contributed by atoms with van der Waals surface area (Å²) in [6.07, 6.45) is 3.75. The van der Waals surface area contributed by atoms with Crippen LogP contribution in [0.5, 0.6) is 0 Å². The van der Waals surface area contributed by atoms with Crippen molar-refractivity contribution in [3.8, 4) is 0 Å². The smallest absolute Gasteiger partial charge is 0.252 e. The van der Waals surface area contributed by atoms with Crippen LogP contribution in [0, 0.1) is 5.82 Å². The summed E-state index contributed by atoms with van der Waals surface area (Å²) in [4.78, 5) is 15.8. The number of hydrogen-bond acceptors (Lipinski definition) is 6. The fourth-order valence-corrected chi connectivity index (χ4v) is 2.92. The molecule has 0 saturated carbocycles. The van der Waals surface area contributed by atoms with Crippen molar-refractivity contribution in [3.05, 3.63) is 70.7 Å². The zero-order chi connectivity index (χ0) is 17.5. The van der Waals surface area contributed by atoms with E-state index < -0.39 is 0 Å². The van der Waals surface area contributed by atoms with E-state index in [1.54, 1.807) is 30.5 Å². The van der Waals surface area contributed by atoms with Crippen LogP contribution in [0.25, 0.3) is 0 Å². The van der Waals surface area contributed by atoms with Gasteiger partial charge in [0.1, 0.15) is 10.8 Å². The fraction of sp³-hybridized carbons (Fsp3) is 0.176. The molecule has 3 rings (SSSR count). The Bertz CT molecular complexity index is 823. The van der Waals surface area contributed by atoms with E-state index in [9.17, 15) is 9.18 Å². The van der Waals surface area contributed by atoms with Crippen LogP contribution < -0.4 is 10.6 Å². The van der Waals surface area contributed by atoms with Crippen molar-refractivity contribution >= 4 is 22.4 Å². The maximum absolute atomic E-state index is 12.9. The van der Waals surface area contributed by atoms with Gasteiger partial charge >= 0.3 is 0 Å². The molecular weight excluding hydrogens is 341 g/mol. The van der Waals surface area contributed by atoms with Crippen molar-refractivity contribution < 1.29 is 9.18 Å². The molecular formula is C17H16FN5OS. The number of hydrogen-bond donors (Lipinski definition) is 2. The maximum Gasteiger partial charge on any atom is 0.252 e. The Kier molecular flexibility index (Phi) is 5.63. The van der Waals surface area contributed by atoms with Crippen molar-refractivity contribution in [3.63, 3.8) is 0 Å². The van der Waals surface area contributed by atoms with Crippen molar-refractivity contribution in [2.75, 3.05) is 18.4 Å². The number of pyridine rings is 1. The van der Waals surface area contributed by atoms with Gasteiger partial charge in [0.2, 0.25) is 5.13 Å². The molecule has 6 nitrogen and oxygen atoms in total. The van der Waals surface area contributed by atoms with Gasteiger partial charge < -0.3 is 10.6 Å². The second-order valence-corrected chi connectivity index (χ2v) is 6.29. The van der Waals surface area contributed by atoms with Gasteiger partial charge in [0.05, 0.1) is 5.56 Å². The van der Waals surface area contributed by atoms with E-state index in [2.05, 4.69) is 25.8 Å². The number of rotatable bonds is 7. The number of amides is 1. The summed E-state index contributed by atoms with van der Waals surface area (Å²) < 4.78 is 12.9. The van der Waals surface area contributed by atoms with Gasteiger partial charge in [-0.15, -0.1) is 10.2 Å². The number of nitrogens with one attached hydrogen (secondary N) is 2. The SMILES string of the molecule is O=C(NCCNc1nnc(Cc2ccc(F)cc2)s1)c1cccnc1. The van der Waals surface area contributed by atoms with E-state index in [-0.39, 0.29) is 11.7 Å². The summed E-state index contributed by atoms with van der Waals surface area (Å²) in [5.74, 6) is -0.416. The lowest BCUT2D eigenvalue weighted by Crippen LogP contribution is -2.28. The largest absolute Gasteiger partial charge is 0.358 e. The third-order valence-electron chi connectivity index (χ3n) is 3.35. The first-order valence-corrected chi connectivity index (χ1v) is 8.51. The minimum atomic E-state index is -0.253. The molecule has 2 heterocycles. The van der Waals surface area contributed by atoms with Gasteiger partial charge in [0.25, 0.3) is 5.91 Å². The molecule has 0 bridgehead atoms. The molecule has 0 fully saturated rings. The van der Waals surface area contributed by atoms with Crippen LogP contribution in [0.1, 0.15) is 20.9 Å². The monoisotopic (exact) mass is 357 g/mol. The quantitative estimate of drug-likeness (QED) is 0.635. The van der Waals surface area contributed by atoms with Gasteiger partial charge in [-0.05, 0) is 29.8 Å². The highest BCUT2D eigenvalue weighted by Gasteiger charge is 2.06. The molecule has 0 unspecified atom stereocenters. The highest BCUT2D eigenvalue weighted by atomic mass is 32.1. The Morgan fingerprint density at radius 2 is 1.96 bits per heavy atom. The molecule has 2 N–H and O–H groups in total. The summed E-state index contributed by atoms with van der Waals surface area (Å²) in [7, 11) is 0. The average Bonchev–Trinajstić information content (AvgIpc) is 3.08. The molecule has 0 aliphatic carbocycles. The molecule has 0 aliphatic rings. The Morgan fingerprint density at radius 3 is 2.72 bits per heavy atom. The molecule has 0 aliphatic heterocycles. The van der Waals surface area contributed by atoms with Crippen molar-refractivity contribution in [2.45, 2.75) is 6.42 Å². The Morgan fingerprint density at radius 1 is 1.12 bits per heavy atom. The molecule has 25 heavy (non-hydrogen) atoms. The predicted molar refractivity (Wildman–Crippen MR) is 94.2 cm³/mol. The van der Waals surface area contributed by atoms with Crippen molar-refractivity contribution in [2.24, 2.45) is 0 Å². The molecule has 8 heteroatoms. The lowest BCUT2D eigenvalue weighted by atomic mass is 10.2. The van der Waals surface area contributed by atoms with Crippen LogP contribution >= 0.6 is 11.3 Å². The number of halogens is 1. The van der Waals surface area contributed by atoms with E-state index in [1.165, 1.54) is 29.7 Å². The third kappa shape index (κ3) is 5.05. The molecule has 0 atom stereocenters. The molecule has 0 radical (unpaired) electrons. The van der Waals surface area contributed by atoms with Crippen LogP contribution in [0.3, 0.4) is 0 Å². The first-order chi connectivity index (χ1) is 12.2. The molecule has 0 saturated heterocycles. The van der Waals surface area contributed by atoms with E-state index in [0.717, 1.165) is 10.6 Å². The van der Waals surface area contributed by atoms with Crippen LogP contribution in [-0.4, -0.2) is 34.2 Å². The first kappa shape index (κ1) is 17.0. The molecule has 0 spiro atoms. The lowest BCUT2D eigenvalue weighted by molar-refractivity contribution is 0.0955. The fourth-order valence-electron chi connectivity index (χ4n) is 2.12. The number of carbonyl (C=O) groups is 1. The van der Waals surface area contributed by atoms with E-state index in [0.29, 0.717) is 30.2 Å². The summed E-state index contributed by atoms with van der Waals surface area (Å²) in [5, 5.41) is 15.6. The second kappa shape index (κ2) is 8.29. The molecule has 1 amide bonds. The van der Waals surface area contributed by atoms with E-state index in [4.69, 9.17) is 0 Å². The van der Waals surface area contributed by atoms with Gasteiger partial charge in [0, 0.05) is 31.9 Å². The van der Waals surface area contributed by atoms with Gasteiger partial charge in [0.15, 0.2) is 0 Å². The molecule has 3 aromatic rings. The van der Waals surface area contributed by atoms with Crippen LogP contribution in [-0.2, 0) is 6.42 Å². The van der Waals surface area contributed by atoms with Gasteiger partial charge in [-0.2, -0.15) is 0 Å². The topological polar surface area (TPSA) is 79.8 Å². The van der Waals surface area contributed by atoms with E-state index in [1.807, 2.05) is 0 Å². The Labute approximate surface area is 148 Å².